The van der Waals surface area contributed by atoms with Gasteiger partial charge in [-0.3, -0.25) is 14.4 Å². The first-order valence-electron chi connectivity index (χ1n) is 10.1. The Hall–Kier alpha value is -3.16. The van der Waals surface area contributed by atoms with Crippen LogP contribution < -0.4 is 10.2 Å². The molecule has 2 aromatic carbocycles. The number of ether oxygens (including phenoxy) is 1. The van der Waals surface area contributed by atoms with Gasteiger partial charge in [0.05, 0.1) is 18.9 Å². The zero-order valence-electron chi connectivity index (χ0n) is 17.1. The smallest absolute Gasteiger partial charge is 0.283 e. The summed E-state index contributed by atoms with van der Waals surface area (Å²) in [6.45, 7) is 4.15. The molecule has 8 heteroatoms. The van der Waals surface area contributed by atoms with Gasteiger partial charge in [-0.15, -0.1) is 0 Å². The Morgan fingerprint density at radius 1 is 1.03 bits per heavy atom. The Balaban J connectivity index is 1.52. The minimum atomic E-state index is -0.561. The molecule has 1 saturated heterocycles. The van der Waals surface area contributed by atoms with Crippen molar-refractivity contribution in [2.45, 2.75) is 13.3 Å². The molecule has 0 bridgehead atoms. The number of amides is 3. The largest absolute Gasteiger partial charge is 0.378 e. The molecular formula is C23H22ClN3O4. The predicted molar refractivity (Wildman–Crippen MR) is 118 cm³/mol. The van der Waals surface area contributed by atoms with Crippen LogP contribution in [0.2, 0.25) is 0 Å². The second-order valence-corrected chi connectivity index (χ2v) is 7.60. The summed E-state index contributed by atoms with van der Waals surface area (Å²) in [7, 11) is 0. The van der Waals surface area contributed by atoms with Crippen LogP contribution in [-0.2, 0) is 20.7 Å². The van der Waals surface area contributed by atoms with Gasteiger partial charge in [-0.05, 0) is 42.3 Å². The lowest BCUT2D eigenvalue weighted by Gasteiger charge is -2.26. The van der Waals surface area contributed by atoms with E-state index in [4.69, 9.17) is 16.3 Å². The zero-order valence-corrected chi connectivity index (χ0v) is 17.8. The summed E-state index contributed by atoms with van der Waals surface area (Å²) in [6, 6.07) is 14.0. The third-order valence-corrected chi connectivity index (χ3v) is 5.69. The fourth-order valence-corrected chi connectivity index (χ4v) is 3.86. The molecule has 2 heterocycles. The van der Waals surface area contributed by atoms with Crippen molar-refractivity contribution < 1.29 is 19.1 Å². The normalized spacial score (nSPS) is 16.8. The molecule has 0 unspecified atom stereocenters. The lowest BCUT2D eigenvalue weighted by molar-refractivity contribution is -0.120. The molecule has 4 rings (SSSR count). The maximum Gasteiger partial charge on any atom is 0.283 e. The van der Waals surface area contributed by atoms with Gasteiger partial charge in [0.15, 0.2) is 0 Å². The van der Waals surface area contributed by atoms with Gasteiger partial charge in [-0.2, -0.15) is 0 Å². The number of carbonyl (C=O) groups is 3. The minimum absolute atomic E-state index is 0.0184. The summed E-state index contributed by atoms with van der Waals surface area (Å²) >= 11 is 6.23. The van der Waals surface area contributed by atoms with Crippen LogP contribution in [0, 0.1) is 0 Å². The van der Waals surface area contributed by atoms with E-state index in [9.17, 15) is 14.4 Å². The predicted octanol–water partition coefficient (Wildman–Crippen LogP) is 3.16. The number of nitrogens with zero attached hydrogens (tertiary/aromatic N) is 2. The SMILES string of the molecule is CCc1ccccc1N1C(=O)C(Cl)=C(Nc2ccc(C(=O)N3CCOCC3)cc2)C1=O. The Kier molecular flexibility index (Phi) is 6.06. The molecule has 1 fully saturated rings. The molecule has 31 heavy (non-hydrogen) atoms. The lowest BCUT2D eigenvalue weighted by atomic mass is 10.1. The van der Waals surface area contributed by atoms with Crippen LogP contribution in [0.1, 0.15) is 22.8 Å². The maximum atomic E-state index is 13.0. The molecule has 0 aliphatic carbocycles. The standard InChI is InChI=1S/C23H22ClN3O4/c1-2-15-5-3-4-6-18(15)27-22(29)19(24)20(23(27)30)25-17-9-7-16(8-10-17)21(28)26-11-13-31-14-12-26/h3-10,25H,2,11-14H2,1H3. The first-order valence-corrected chi connectivity index (χ1v) is 10.5. The van der Waals surface area contributed by atoms with Crippen LogP contribution in [0.3, 0.4) is 0 Å². The van der Waals surface area contributed by atoms with Crippen LogP contribution in [-0.4, -0.2) is 48.9 Å². The number of aryl methyl sites for hydroxylation is 1. The topological polar surface area (TPSA) is 79.0 Å². The molecule has 0 radical (unpaired) electrons. The molecule has 2 aromatic rings. The number of nitrogens with one attached hydrogen (secondary N) is 1. The van der Waals surface area contributed by atoms with E-state index in [0.29, 0.717) is 49.7 Å². The van der Waals surface area contributed by atoms with E-state index in [1.54, 1.807) is 41.3 Å². The quantitative estimate of drug-likeness (QED) is 0.724. The number of hydrogen-bond donors (Lipinski definition) is 1. The van der Waals surface area contributed by atoms with Gasteiger partial charge >= 0.3 is 0 Å². The van der Waals surface area contributed by atoms with E-state index < -0.39 is 11.8 Å². The fraction of sp³-hybridized carbons (Fsp3) is 0.261. The van der Waals surface area contributed by atoms with Crippen molar-refractivity contribution in [3.8, 4) is 0 Å². The fourth-order valence-electron chi connectivity index (χ4n) is 3.65. The van der Waals surface area contributed by atoms with Crippen molar-refractivity contribution in [2.24, 2.45) is 0 Å². The third-order valence-electron chi connectivity index (χ3n) is 5.34. The van der Waals surface area contributed by atoms with E-state index in [1.807, 2.05) is 19.1 Å². The third kappa shape index (κ3) is 4.06. The molecule has 3 amide bonds. The maximum absolute atomic E-state index is 13.0. The molecule has 1 N–H and O–H groups in total. The first-order chi connectivity index (χ1) is 15.0. The molecule has 2 aliphatic heterocycles. The molecule has 7 nitrogen and oxygen atoms in total. The number of benzene rings is 2. The van der Waals surface area contributed by atoms with E-state index >= 15 is 0 Å². The first kappa shape index (κ1) is 21.1. The van der Waals surface area contributed by atoms with Crippen LogP contribution in [0.15, 0.2) is 59.3 Å². The highest BCUT2D eigenvalue weighted by Crippen LogP contribution is 2.32. The average molecular weight is 440 g/mol. The Morgan fingerprint density at radius 3 is 2.39 bits per heavy atom. The van der Waals surface area contributed by atoms with Gasteiger partial charge in [0, 0.05) is 24.3 Å². The second kappa shape index (κ2) is 8.91. The van der Waals surface area contributed by atoms with Crippen molar-refractivity contribution in [2.75, 3.05) is 36.5 Å². The number of halogens is 1. The number of morpholine rings is 1. The summed E-state index contributed by atoms with van der Waals surface area (Å²) < 4.78 is 5.28. The van der Waals surface area contributed by atoms with E-state index in [0.717, 1.165) is 10.5 Å². The molecule has 0 spiro atoms. The van der Waals surface area contributed by atoms with Crippen molar-refractivity contribution >= 4 is 40.7 Å². The Labute approximate surface area is 185 Å². The second-order valence-electron chi connectivity index (χ2n) is 7.22. The summed E-state index contributed by atoms with van der Waals surface area (Å²) in [5.74, 6) is -1.14. The van der Waals surface area contributed by atoms with E-state index in [-0.39, 0.29) is 16.6 Å². The number of carbonyl (C=O) groups excluding carboxylic acids is 3. The molecule has 0 saturated carbocycles. The van der Waals surface area contributed by atoms with Crippen molar-refractivity contribution in [1.29, 1.82) is 0 Å². The lowest BCUT2D eigenvalue weighted by Crippen LogP contribution is -2.40. The van der Waals surface area contributed by atoms with Gasteiger partial charge in [0.2, 0.25) is 0 Å². The number of hydrogen-bond acceptors (Lipinski definition) is 5. The Morgan fingerprint density at radius 2 is 1.71 bits per heavy atom. The van der Waals surface area contributed by atoms with Crippen LogP contribution >= 0.6 is 11.6 Å². The molecule has 160 valence electrons. The summed E-state index contributed by atoms with van der Waals surface area (Å²) in [5.41, 5.74) is 2.52. The van der Waals surface area contributed by atoms with E-state index in [2.05, 4.69) is 5.32 Å². The summed E-state index contributed by atoms with van der Waals surface area (Å²) in [5, 5.41) is 2.78. The summed E-state index contributed by atoms with van der Waals surface area (Å²) in [6.07, 6.45) is 0.673. The van der Waals surface area contributed by atoms with Crippen LogP contribution in [0.4, 0.5) is 11.4 Å². The van der Waals surface area contributed by atoms with Gasteiger partial charge < -0.3 is 15.0 Å². The van der Waals surface area contributed by atoms with Crippen molar-refractivity contribution in [3.63, 3.8) is 0 Å². The van der Waals surface area contributed by atoms with Gasteiger partial charge in [-0.1, -0.05) is 36.7 Å². The average Bonchev–Trinajstić information content (AvgIpc) is 3.02. The van der Waals surface area contributed by atoms with Crippen molar-refractivity contribution in [1.82, 2.24) is 4.90 Å². The minimum Gasteiger partial charge on any atom is -0.378 e. The number of imide groups is 1. The van der Waals surface area contributed by atoms with Crippen LogP contribution in [0.5, 0.6) is 0 Å². The zero-order chi connectivity index (χ0) is 22.0. The highest BCUT2D eigenvalue weighted by molar-refractivity contribution is 6.53. The molecule has 0 aromatic heterocycles. The number of rotatable bonds is 5. The van der Waals surface area contributed by atoms with Crippen LogP contribution in [0.25, 0.3) is 0 Å². The van der Waals surface area contributed by atoms with Gasteiger partial charge in [-0.25, -0.2) is 4.90 Å². The number of para-hydroxylation sites is 1. The monoisotopic (exact) mass is 439 g/mol. The Bertz CT molecular complexity index is 1060. The molecule has 2 aliphatic rings. The molecule has 0 atom stereocenters. The summed E-state index contributed by atoms with van der Waals surface area (Å²) in [4.78, 5) is 41.1. The van der Waals surface area contributed by atoms with Gasteiger partial charge in [0.25, 0.3) is 17.7 Å². The van der Waals surface area contributed by atoms with Crippen molar-refractivity contribution in [3.05, 3.63) is 70.4 Å². The molecular weight excluding hydrogens is 418 g/mol. The van der Waals surface area contributed by atoms with E-state index in [1.165, 1.54) is 0 Å². The number of anilines is 2. The van der Waals surface area contributed by atoms with Gasteiger partial charge in [0.1, 0.15) is 10.7 Å². The highest BCUT2D eigenvalue weighted by Gasteiger charge is 2.39. The highest BCUT2D eigenvalue weighted by atomic mass is 35.5.